The number of nitrogens with zero attached hydrogens (tertiary/aromatic N) is 1. The average Bonchev–Trinajstić information content (AvgIpc) is 2.77. The number of rotatable bonds is 6. The lowest BCUT2D eigenvalue weighted by atomic mass is 9.87. The fraction of sp³-hybridized carbons (Fsp3) is 0.360. The van der Waals surface area contributed by atoms with Gasteiger partial charge in [-0.3, -0.25) is 9.59 Å². The highest BCUT2D eigenvalue weighted by atomic mass is 16.2. The molecule has 30 heavy (non-hydrogen) atoms. The Kier molecular flexibility index (Phi) is 7.41. The van der Waals surface area contributed by atoms with Crippen LogP contribution in [0.5, 0.6) is 0 Å². The van der Waals surface area contributed by atoms with Gasteiger partial charge in [-0.15, -0.1) is 0 Å². The SMILES string of the molecule is CCN(CC)C(=O)c1ccc(C(=C2CCNCC2)c2ccccc2NC(C)=O)cc1. The summed E-state index contributed by atoms with van der Waals surface area (Å²) in [5.41, 5.74) is 6.13. The second kappa shape index (κ2) is 10.2. The number of benzene rings is 2. The molecule has 0 unspecified atom stereocenters. The lowest BCUT2D eigenvalue weighted by Crippen LogP contribution is -2.30. The van der Waals surface area contributed by atoms with Crippen LogP contribution in [0.15, 0.2) is 54.1 Å². The Morgan fingerprint density at radius 2 is 1.53 bits per heavy atom. The summed E-state index contributed by atoms with van der Waals surface area (Å²) in [5.74, 6) is -0.0291. The number of amides is 2. The van der Waals surface area contributed by atoms with Crippen LogP contribution in [0.1, 0.15) is 55.1 Å². The molecule has 2 aromatic carbocycles. The Morgan fingerprint density at radius 3 is 2.13 bits per heavy atom. The first-order valence-corrected chi connectivity index (χ1v) is 10.7. The summed E-state index contributed by atoms with van der Waals surface area (Å²) in [6.07, 6.45) is 1.92. The molecule has 0 aliphatic carbocycles. The van der Waals surface area contributed by atoms with Crippen molar-refractivity contribution < 1.29 is 9.59 Å². The lowest BCUT2D eigenvalue weighted by molar-refractivity contribution is -0.114. The van der Waals surface area contributed by atoms with E-state index in [2.05, 4.69) is 16.7 Å². The molecular formula is C25H31N3O2. The summed E-state index contributed by atoms with van der Waals surface area (Å²) >= 11 is 0. The topological polar surface area (TPSA) is 61.4 Å². The molecule has 0 saturated carbocycles. The summed E-state index contributed by atoms with van der Waals surface area (Å²) in [6.45, 7) is 8.80. The van der Waals surface area contributed by atoms with E-state index in [0.29, 0.717) is 18.7 Å². The molecule has 0 atom stereocenters. The van der Waals surface area contributed by atoms with Crippen LogP contribution >= 0.6 is 0 Å². The molecule has 1 heterocycles. The maximum Gasteiger partial charge on any atom is 0.253 e. The zero-order chi connectivity index (χ0) is 21.5. The number of piperidine rings is 1. The summed E-state index contributed by atoms with van der Waals surface area (Å²) < 4.78 is 0. The smallest absolute Gasteiger partial charge is 0.253 e. The van der Waals surface area contributed by atoms with Crippen molar-refractivity contribution in [1.82, 2.24) is 10.2 Å². The van der Waals surface area contributed by atoms with Gasteiger partial charge in [0.25, 0.3) is 5.91 Å². The number of anilines is 1. The minimum Gasteiger partial charge on any atom is -0.339 e. The van der Waals surface area contributed by atoms with Gasteiger partial charge in [-0.1, -0.05) is 35.9 Å². The molecule has 5 nitrogen and oxygen atoms in total. The molecule has 1 aliphatic heterocycles. The maximum absolute atomic E-state index is 12.7. The average molecular weight is 406 g/mol. The first-order valence-electron chi connectivity index (χ1n) is 10.7. The van der Waals surface area contributed by atoms with Crippen molar-refractivity contribution >= 4 is 23.1 Å². The van der Waals surface area contributed by atoms with Crippen LogP contribution in [0, 0.1) is 0 Å². The third-order valence-corrected chi connectivity index (χ3v) is 5.54. The molecule has 158 valence electrons. The molecule has 2 aromatic rings. The van der Waals surface area contributed by atoms with Crippen molar-refractivity contribution in [2.45, 2.75) is 33.6 Å². The number of hydrogen-bond donors (Lipinski definition) is 2. The minimum atomic E-state index is -0.0859. The van der Waals surface area contributed by atoms with Crippen molar-refractivity contribution in [1.29, 1.82) is 0 Å². The zero-order valence-corrected chi connectivity index (χ0v) is 18.1. The fourth-order valence-electron chi connectivity index (χ4n) is 4.00. The Labute approximate surface area is 179 Å². The maximum atomic E-state index is 12.7. The van der Waals surface area contributed by atoms with Crippen molar-refractivity contribution in [3.05, 3.63) is 70.8 Å². The van der Waals surface area contributed by atoms with Crippen LogP contribution in [-0.4, -0.2) is 42.9 Å². The van der Waals surface area contributed by atoms with Crippen molar-refractivity contribution in [2.24, 2.45) is 0 Å². The van der Waals surface area contributed by atoms with Gasteiger partial charge in [0.15, 0.2) is 0 Å². The highest BCUT2D eigenvalue weighted by Crippen LogP contribution is 2.35. The second-order valence-corrected chi connectivity index (χ2v) is 7.51. The zero-order valence-electron chi connectivity index (χ0n) is 18.1. The first kappa shape index (κ1) is 21.8. The molecule has 1 aliphatic rings. The van der Waals surface area contributed by atoms with E-state index >= 15 is 0 Å². The van der Waals surface area contributed by atoms with Crippen LogP contribution in [0.3, 0.4) is 0 Å². The van der Waals surface area contributed by atoms with E-state index in [9.17, 15) is 9.59 Å². The predicted molar refractivity (Wildman–Crippen MR) is 123 cm³/mol. The number of nitrogens with one attached hydrogen (secondary N) is 2. The van der Waals surface area contributed by atoms with Crippen molar-refractivity contribution in [2.75, 3.05) is 31.5 Å². The quantitative estimate of drug-likeness (QED) is 0.753. The first-order chi connectivity index (χ1) is 14.5. The molecule has 2 N–H and O–H groups in total. The van der Waals surface area contributed by atoms with Gasteiger partial charge in [0.2, 0.25) is 5.91 Å². The molecule has 3 rings (SSSR count). The summed E-state index contributed by atoms with van der Waals surface area (Å²) in [5, 5.41) is 6.39. The van der Waals surface area contributed by atoms with Gasteiger partial charge in [-0.05, 0) is 69.1 Å². The van der Waals surface area contributed by atoms with E-state index < -0.39 is 0 Å². The third kappa shape index (κ3) is 4.97. The van der Waals surface area contributed by atoms with Crippen LogP contribution in [0.2, 0.25) is 0 Å². The predicted octanol–water partition coefficient (Wildman–Crippen LogP) is 4.31. The third-order valence-electron chi connectivity index (χ3n) is 5.54. The van der Waals surface area contributed by atoms with Gasteiger partial charge in [-0.25, -0.2) is 0 Å². The van der Waals surface area contributed by atoms with E-state index in [1.54, 1.807) is 0 Å². The Balaban J connectivity index is 2.05. The largest absolute Gasteiger partial charge is 0.339 e. The van der Waals surface area contributed by atoms with Crippen molar-refractivity contribution in [3.63, 3.8) is 0 Å². The highest BCUT2D eigenvalue weighted by Gasteiger charge is 2.19. The lowest BCUT2D eigenvalue weighted by Gasteiger charge is -2.23. The van der Waals surface area contributed by atoms with Gasteiger partial charge in [-0.2, -0.15) is 0 Å². The molecule has 2 amide bonds. The van der Waals surface area contributed by atoms with Crippen molar-refractivity contribution in [3.8, 4) is 0 Å². The summed E-state index contributed by atoms with van der Waals surface area (Å²) in [4.78, 5) is 26.3. The molecule has 0 aromatic heterocycles. The summed E-state index contributed by atoms with van der Waals surface area (Å²) in [7, 11) is 0. The summed E-state index contributed by atoms with van der Waals surface area (Å²) in [6, 6.07) is 15.8. The number of hydrogen-bond acceptors (Lipinski definition) is 3. The molecular weight excluding hydrogens is 374 g/mol. The van der Waals surface area contributed by atoms with Crippen LogP contribution in [-0.2, 0) is 4.79 Å². The van der Waals surface area contributed by atoms with Gasteiger partial charge in [0, 0.05) is 36.8 Å². The van der Waals surface area contributed by atoms with E-state index in [1.165, 1.54) is 12.5 Å². The minimum absolute atomic E-state index is 0.0567. The number of carbonyl (C=O) groups excluding carboxylic acids is 2. The van der Waals surface area contributed by atoms with Crippen LogP contribution < -0.4 is 10.6 Å². The van der Waals surface area contributed by atoms with Gasteiger partial charge >= 0.3 is 0 Å². The Bertz CT molecular complexity index is 920. The monoisotopic (exact) mass is 405 g/mol. The van der Waals surface area contributed by atoms with Gasteiger partial charge in [0.1, 0.15) is 0 Å². The number of carbonyl (C=O) groups is 2. The van der Waals surface area contributed by atoms with E-state index in [0.717, 1.165) is 48.3 Å². The van der Waals surface area contributed by atoms with Crippen LogP contribution in [0.25, 0.3) is 5.57 Å². The Hall–Kier alpha value is -2.92. The van der Waals surface area contributed by atoms with E-state index in [-0.39, 0.29) is 11.8 Å². The van der Waals surface area contributed by atoms with E-state index in [1.807, 2.05) is 61.2 Å². The highest BCUT2D eigenvalue weighted by molar-refractivity contribution is 5.97. The molecule has 0 radical (unpaired) electrons. The molecule has 5 heteroatoms. The van der Waals surface area contributed by atoms with Gasteiger partial charge in [0.05, 0.1) is 0 Å². The second-order valence-electron chi connectivity index (χ2n) is 7.51. The normalized spacial score (nSPS) is 13.6. The molecule has 0 bridgehead atoms. The van der Waals surface area contributed by atoms with Gasteiger partial charge < -0.3 is 15.5 Å². The molecule has 1 saturated heterocycles. The fourth-order valence-corrected chi connectivity index (χ4v) is 4.00. The number of para-hydroxylation sites is 1. The standard InChI is InChI=1S/C25H31N3O2/c1-4-28(5-2)25(30)21-12-10-19(11-13-21)24(20-14-16-26-17-15-20)22-8-6-7-9-23(22)27-18(3)29/h6-13,26H,4-5,14-17H2,1-3H3,(H,27,29). The Morgan fingerprint density at radius 1 is 0.933 bits per heavy atom. The molecule has 1 fully saturated rings. The van der Waals surface area contributed by atoms with E-state index in [4.69, 9.17) is 0 Å². The molecule has 0 spiro atoms. The van der Waals surface area contributed by atoms with Crippen LogP contribution in [0.4, 0.5) is 5.69 Å².